The number of carbonyl (C=O) groups is 2. The van der Waals surface area contributed by atoms with Crippen LogP contribution in [0.5, 0.6) is 0 Å². The molecule has 2 atom stereocenters. The second-order valence-electron chi connectivity index (χ2n) is 6.60. The molecule has 9 heteroatoms. The molecule has 2 amide bonds. The van der Waals surface area contributed by atoms with Gasteiger partial charge < -0.3 is 15.0 Å². The maximum atomic E-state index is 12.9. The second-order valence-corrected chi connectivity index (χ2v) is 6.60. The molecule has 3 rings (SSSR count). The Morgan fingerprint density at radius 2 is 1.89 bits per heavy atom. The van der Waals surface area contributed by atoms with Crippen LogP contribution < -0.4 is 5.32 Å². The molecule has 1 N–H and O–H groups in total. The van der Waals surface area contributed by atoms with Crippen LogP contribution in [-0.4, -0.2) is 63.6 Å². The van der Waals surface area contributed by atoms with Crippen molar-refractivity contribution in [2.24, 2.45) is 0 Å². The van der Waals surface area contributed by atoms with Gasteiger partial charge in [-0.05, 0) is 38.1 Å². The molecule has 1 aromatic carbocycles. The van der Waals surface area contributed by atoms with Gasteiger partial charge in [-0.25, -0.2) is 9.07 Å². The van der Waals surface area contributed by atoms with E-state index in [-0.39, 0.29) is 29.7 Å². The van der Waals surface area contributed by atoms with Gasteiger partial charge in [0.2, 0.25) is 0 Å². The number of benzene rings is 1. The molecule has 0 bridgehead atoms. The van der Waals surface area contributed by atoms with Gasteiger partial charge in [-0.2, -0.15) is 0 Å². The molecule has 8 nitrogen and oxygen atoms in total. The number of nitrogens with one attached hydrogen (secondary N) is 1. The maximum Gasteiger partial charge on any atom is 0.276 e. The van der Waals surface area contributed by atoms with Crippen molar-refractivity contribution in [1.29, 1.82) is 0 Å². The summed E-state index contributed by atoms with van der Waals surface area (Å²) in [6.45, 7) is 5.56. The zero-order valence-electron chi connectivity index (χ0n) is 15.3. The molecule has 0 spiro atoms. The number of hydrogen-bond acceptors (Lipinski definition) is 5. The Bertz CT molecular complexity index is 798. The molecule has 1 fully saturated rings. The van der Waals surface area contributed by atoms with E-state index in [4.69, 9.17) is 4.74 Å². The van der Waals surface area contributed by atoms with Crippen molar-refractivity contribution in [3.05, 3.63) is 47.5 Å². The van der Waals surface area contributed by atoms with Gasteiger partial charge in [-0.3, -0.25) is 9.59 Å². The lowest BCUT2D eigenvalue weighted by Gasteiger charge is -2.34. The predicted octanol–water partition coefficient (Wildman–Crippen LogP) is 1.10. The Morgan fingerprint density at radius 1 is 1.22 bits per heavy atom. The Balaban J connectivity index is 1.51. The quantitative estimate of drug-likeness (QED) is 0.845. The van der Waals surface area contributed by atoms with Crippen LogP contribution in [0.4, 0.5) is 4.39 Å². The molecule has 0 radical (unpaired) electrons. The Hall–Kier alpha value is -2.81. The molecule has 1 aromatic heterocycles. The third-order valence-corrected chi connectivity index (χ3v) is 4.20. The van der Waals surface area contributed by atoms with Crippen LogP contribution in [0.3, 0.4) is 0 Å². The van der Waals surface area contributed by atoms with Crippen molar-refractivity contribution in [3.63, 3.8) is 0 Å². The van der Waals surface area contributed by atoms with Gasteiger partial charge in [0, 0.05) is 25.2 Å². The van der Waals surface area contributed by atoms with Gasteiger partial charge in [0.15, 0.2) is 5.69 Å². The lowest BCUT2D eigenvalue weighted by molar-refractivity contribution is -0.0587. The van der Waals surface area contributed by atoms with Crippen LogP contribution in [0.2, 0.25) is 0 Å². The van der Waals surface area contributed by atoms with Crippen molar-refractivity contribution in [2.45, 2.75) is 32.6 Å². The average Bonchev–Trinajstić information content (AvgIpc) is 3.09. The highest BCUT2D eigenvalue weighted by molar-refractivity contribution is 5.94. The monoisotopic (exact) mass is 375 g/mol. The van der Waals surface area contributed by atoms with Gasteiger partial charge in [0.25, 0.3) is 11.8 Å². The van der Waals surface area contributed by atoms with E-state index in [0.717, 1.165) is 0 Å². The minimum Gasteiger partial charge on any atom is -0.372 e. The summed E-state index contributed by atoms with van der Waals surface area (Å²) >= 11 is 0. The summed E-state index contributed by atoms with van der Waals surface area (Å²) in [5.41, 5.74) is 0.641. The molecule has 1 saturated heterocycles. The molecule has 1 aliphatic rings. The highest BCUT2D eigenvalue weighted by Crippen LogP contribution is 2.13. The zero-order valence-corrected chi connectivity index (χ0v) is 15.3. The van der Waals surface area contributed by atoms with E-state index < -0.39 is 5.82 Å². The van der Waals surface area contributed by atoms with E-state index in [9.17, 15) is 14.0 Å². The number of nitrogens with zero attached hydrogens (tertiary/aromatic N) is 4. The third-order valence-electron chi connectivity index (χ3n) is 4.20. The molecule has 144 valence electrons. The van der Waals surface area contributed by atoms with E-state index in [2.05, 4.69) is 15.6 Å². The summed E-state index contributed by atoms with van der Waals surface area (Å²) in [5.74, 6) is -0.878. The first-order chi connectivity index (χ1) is 12.9. The van der Waals surface area contributed by atoms with Crippen molar-refractivity contribution < 1.29 is 18.7 Å². The number of amides is 2. The minimum absolute atomic E-state index is 0.0191. The highest BCUT2D eigenvalue weighted by atomic mass is 19.1. The first-order valence-electron chi connectivity index (χ1n) is 8.81. The van der Waals surface area contributed by atoms with E-state index in [1.807, 2.05) is 13.8 Å². The minimum atomic E-state index is -0.393. The molecular formula is C18H22FN5O3. The molecule has 0 aliphatic carbocycles. The van der Waals surface area contributed by atoms with E-state index in [1.54, 1.807) is 11.1 Å². The summed E-state index contributed by atoms with van der Waals surface area (Å²) in [7, 11) is 0. The lowest BCUT2D eigenvalue weighted by Crippen LogP contribution is -2.48. The summed E-state index contributed by atoms with van der Waals surface area (Å²) in [6.07, 6.45) is 1.53. The topological polar surface area (TPSA) is 89.4 Å². The van der Waals surface area contributed by atoms with Gasteiger partial charge in [-0.15, -0.1) is 5.10 Å². The molecular weight excluding hydrogens is 353 g/mol. The van der Waals surface area contributed by atoms with E-state index in [1.165, 1.54) is 28.9 Å². The molecule has 0 unspecified atom stereocenters. The standard InChI is InChI=1S/C18H22FN5O3/c1-12-9-23(10-13(2)27-12)18(26)16-11-24(22-21-16)8-7-20-17(25)14-3-5-15(19)6-4-14/h3-6,11-13H,7-10H2,1-2H3,(H,20,25)/t12-,13+. The predicted molar refractivity (Wildman–Crippen MR) is 94.7 cm³/mol. The van der Waals surface area contributed by atoms with E-state index in [0.29, 0.717) is 31.7 Å². The summed E-state index contributed by atoms with van der Waals surface area (Å²) in [5, 5.41) is 10.6. The Kier molecular flexibility index (Phi) is 5.80. The van der Waals surface area contributed by atoms with Crippen molar-refractivity contribution in [2.75, 3.05) is 19.6 Å². The van der Waals surface area contributed by atoms with Crippen LogP contribution in [-0.2, 0) is 11.3 Å². The molecule has 2 heterocycles. The first kappa shape index (κ1) is 19.0. The molecule has 1 aliphatic heterocycles. The number of ether oxygens (including phenoxy) is 1. The highest BCUT2D eigenvalue weighted by Gasteiger charge is 2.28. The fraction of sp³-hybridized carbons (Fsp3) is 0.444. The maximum absolute atomic E-state index is 12.9. The Labute approximate surface area is 156 Å². The fourth-order valence-electron chi connectivity index (χ4n) is 3.00. The first-order valence-corrected chi connectivity index (χ1v) is 8.81. The van der Waals surface area contributed by atoms with Gasteiger partial charge in [0.1, 0.15) is 5.82 Å². The van der Waals surface area contributed by atoms with Crippen LogP contribution in [0.1, 0.15) is 34.7 Å². The average molecular weight is 375 g/mol. The number of hydrogen-bond donors (Lipinski definition) is 1. The SMILES string of the molecule is C[C@@H]1CN(C(=O)c2cn(CCNC(=O)c3ccc(F)cc3)nn2)C[C@H](C)O1. The smallest absolute Gasteiger partial charge is 0.276 e. The number of aromatic nitrogens is 3. The molecule has 0 saturated carbocycles. The molecule has 27 heavy (non-hydrogen) atoms. The van der Waals surface area contributed by atoms with Crippen molar-refractivity contribution in [3.8, 4) is 0 Å². The fourth-order valence-corrected chi connectivity index (χ4v) is 3.00. The number of rotatable bonds is 5. The number of carbonyl (C=O) groups excluding carboxylic acids is 2. The third kappa shape index (κ3) is 4.88. The van der Waals surface area contributed by atoms with Gasteiger partial charge in [-0.1, -0.05) is 5.21 Å². The van der Waals surface area contributed by atoms with Gasteiger partial charge in [0.05, 0.1) is 24.9 Å². The van der Waals surface area contributed by atoms with Crippen LogP contribution in [0.15, 0.2) is 30.5 Å². The van der Waals surface area contributed by atoms with E-state index >= 15 is 0 Å². The van der Waals surface area contributed by atoms with Crippen LogP contribution >= 0.6 is 0 Å². The summed E-state index contributed by atoms with van der Waals surface area (Å²) in [6, 6.07) is 5.30. The largest absolute Gasteiger partial charge is 0.372 e. The number of halogens is 1. The second kappa shape index (κ2) is 8.26. The van der Waals surface area contributed by atoms with Crippen LogP contribution in [0, 0.1) is 5.82 Å². The number of morpholine rings is 1. The molecule has 2 aromatic rings. The van der Waals surface area contributed by atoms with Crippen molar-refractivity contribution >= 4 is 11.8 Å². The Morgan fingerprint density at radius 3 is 2.56 bits per heavy atom. The summed E-state index contributed by atoms with van der Waals surface area (Å²) in [4.78, 5) is 26.2. The van der Waals surface area contributed by atoms with Crippen LogP contribution in [0.25, 0.3) is 0 Å². The van der Waals surface area contributed by atoms with Crippen molar-refractivity contribution in [1.82, 2.24) is 25.2 Å². The van der Waals surface area contributed by atoms with Gasteiger partial charge >= 0.3 is 0 Å². The normalized spacial score (nSPS) is 19.7. The lowest BCUT2D eigenvalue weighted by atomic mass is 10.2. The zero-order chi connectivity index (χ0) is 19.4. The summed E-state index contributed by atoms with van der Waals surface area (Å²) < 4.78 is 20.0.